The molecule has 1 amide bonds. The predicted molar refractivity (Wildman–Crippen MR) is 107 cm³/mol. The monoisotopic (exact) mass is 353 g/mol. The minimum Gasteiger partial charge on any atom is -0.346 e. The third-order valence-corrected chi connectivity index (χ3v) is 5.38. The third-order valence-electron chi connectivity index (χ3n) is 5.38. The zero-order chi connectivity index (χ0) is 18.8. The van der Waals surface area contributed by atoms with Crippen LogP contribution in [0, 0.1) is 20.8 Å². The lowest BCUT2D eigenvalue weighted by molar-refractivity contribution is 0.0627. The van der Waals surface area contributed by atoms with E-state index in [-0.39, 0.29) is 5.91 Å². The summed E-state index contributed by atoms with van der Waals surface area (Å²) in [6, 6.07) is 11.1. The lowest BCUT2D eigenvalue weighted by atomic mass is 10.1. The van der Waals surface area contributed by atoms with E-state index < -0.39 is 0 Å². The molecule has 3 rings (SSSR count). The second-order valence-electron chi connectivity index (χ2n) is 7.81. The molecule has 4 heteroatoms. The highest BCUT2D eigenvalue weighted by atomic mass is 16.2. The highest BCUT2D eigenvalue weighted by molar-refractivity contribution is 5.95. The highest BCUT2D eigenvalue weighted by Gasteiger charge is 2.25. The van der Waals surface area contributed by atoms with Crippen LogP contribution in [0.1, 0.15) is 52.8 Å². The van der Waals surface area contributed by atoms with Crippen molar-refractivity contribution in [3.05, 3.63) is 58.4 Å². The normalized spacial score (nSPS) is 15.7. The molecule has 0 N–H and O–H groups in total. The fraction of sp³-hybridized carbons (Fsp3) is 0.500. The average molecular weight is 354 g/mol. The number of nitrogens with zero attached hydrogens (tertiary/aromatic N) is 3. The lowest BCUT2D eigenvalue weighted by Crippen LogP contribution is -2.48. The van der Waals surface area contributed by atoms with Crippen LogP contribution in [-0.4, -0.2) is 46.5 Å². The smallest absolute Gasteiger partial charge is 0.255 e. The van der Waals surface area contributed by atoms with Gasteiger partial charge in [0.15, 0.2) is 0 Å². The van der Waals surface area contributed by atoms with E-state index in [1.165, 1.54) is 16.8 Å². The van der Waals surface area contributed by atoms with Crippen molar-refractivity contribution in [2.24, 2.45) is 0 Å². The zero-order valence-corrected chi connectivity index (χ0v) is 16.7. The van der Waals surface area contributed by atoms with Gasteiger partial charge in [-0.05, 0) is 46.2 Å². The van der Waals surface area contributed by atoms with Crippen molar-refractivity contribution in [2.75, 3.05) is 26.2 Å². The fourth-order valence-electron chi connectivity index (χ4n) is 4.14. The minimum absolute atomic E-state index is 0.181. The molecule has 1 aliphatic heterocycles. The number of hydrogen-bond donors (Lipinski definition) is 0. The van der Waals surface area contributed by atoms with E-state index in [2.05, 4.69) is 74.4 Å². The molecule has 0 unspecified atom stereocenters. The quantitative estimate of drug-likeness (QED) is 0.832. The Labute approximate surface area is 157 Å². The topological polar surface area (TPSA) is 28.5 Å². The largest absolute Gasteiger partial charge is 0.346 e. The summed E-state index contributed by atoms with van der Waals surface area (Å²) in [5, 5.41) is 0. The molecule has 0 aliphatic carbocycles. The molecule has 140 valence electrons. The summed E-state index contributed by atoms with van der Waals surface area (Å²) in [5.41, 5.74) is 5.77. The van der Waals surface area contributed by atoms with Crippen LogP contribution in [0.5, 0.6) is 0 Å². The van der Waals surface area contributed by atoms with E-state index in [4.69, 9.17) is 0 Å². The van der Waals surface area contributed by atoms with E-state index in [1.807, 2.05) is 4.90 Å². The minimum atomic E-state index is 0.181. The van der Waals surface area contributed by atoms with Gasteiger partial charge in [0.2, 0.25) is 0 Å². The zero-order valence-electron chi connectivity index (χ0n) is 16.7. The molecular formula is C22H31N3O. The van der Waals surface area contributed by atoms with Crippen molar-refractivity contribution in [1.82, 2.24) is 14.4 Å². The summed E-state index contributed by atoms with van der Waals surface area (Å²) in [6.07, 6.45) is 0. The molecule has 1 aromatic heterocycles. The van der Waals surface area contributed by atoms with Crippen LogP contribution in [0.3, 0.4) is 0 Å². The van der Waals surface area contributed by atoms with Crippen molar-refractivity contribution < 1.29 is 4.79 Å². The van der Waals surface area contributed by atoms with Gasteiger partial charge in [-0.15, -0.1) is 0 Å². The number of carbonyl (C=O) groups is 1. The van der Waals surface area contributed by atoms with Crippen LogP contribution >= 0.6 is 0 Å². The molecule has 0 radical (unpaired) electrons. The van der Waals surface area contributed by atoms with E-state index >= 15 is 0 Å². The number of aryl methyl sites for hydroxylation is 2. The van der Waals surface area contributed by atoms with Gasteiger partial charge in [-0.2, -0.15) is 0 Å². The molecule has 26 heavy (non-hydrogen) atoms. The van der Waals surface area contributed by atoms with E-state index in [1.54, 1.807) is 0 Å². The Balaban J connectivity index is 1.63. The maximum atomic E-state index is 13.0. The average Bonchev–Trinajstić information content (AvgIpc) is 2.89. The summed E-state index contributed by atoms with van der Waals surface area (Å²) < 4.78 is 2.25. The lowest BCUT2D eigenvalue weighted by Gasteiger charge is -2.35. The van der Waals surface area contributed by atoms with Gasteiger partial charge in [-0.1, -0.05) is 29.8 Å². The maximum absolute atomic E-state index is 13.0. The van der Waals surface area contributed by atoms with Crippen molar-refractivity contribution in [1.29, 1.82) is 0 Å². The summed E-state index contributed by atoms with van der Waals surface area (Å²) in [6.45, 7) is 15.0. The van der Waals surface area contributed by atoms with Crippen LogP contribution in [0.25, 0.3) is 0 Å². The van der Waals surface area contributed by atoms with Gasteiger partial charge < -0.3 is 9.47 Å². The number of amides is 1. The van der Waals surface area contributed by atoms with Gasteiger partial charge in [-0.3, -0.25) is 9.69 Å². The van der Waals surface area contributed by atoms with E-state index in [9.17, 15) is 4.79 Å². The van der Waals surface area contributed by atoms with Gasteiger partial charge in [0.05, 0.1) is 5.56 Å². The fourth-order valence-corrected chi connectivity index (χ4v) is 4.14. The molecule has 0 atom stereocenters. The Morgan fingerprint density at radius 1 is 1.04 bits per heavy atom. The second-order valence-corrected chi connectivity index (χ2v) is 7.81. The van der Waals surface area contributed by atoms with Crippen LogP contribution in [0.15, 0.2) is 30.3 Å². The first kappa shape index (κ1) is 18.7. The van der Waals surface area contributed by atoms with Crippen molar-refractivity contribution in [3.63, 3.8) is 0 Å². The van der Waals surface area contributed by atoms with Crippen LogP contribution in [0.4, 0.5) is 0 Å². The molecular weight excluding hydrogens is 322 g/mol. The SMILES string of the molecule is Cc1cccc(CN2CCN(C(=O)c3cc(C)n(C(C)C)c3C)CC2)c1. The molecule has 0 saturated carbocycles. The number of aromatic nitrogens is 1. The Hall–Kier alpha value is -2.07. The van der Waals surface area contributed by atoms with Crippen molar-refractivity contribution in [3.8, 4) is 0 Å². The number of hydrogen-bond acceptors (Lipinski definition) is 2. The van der Waals surface area contributed by atoms with Crippen LogP contribution in [0.2, 0.25) is 0 Å². The van der Waals surface area contributed by atoms with Crippen LogP contribution < -0.4 is 0 Å². The first-order valence-corrected chi connectivity index (χ1v) is 9.62. The molecule has 1 aliphatic rings. The van der Waals surface area contributed by atoms with Gasteiger partial charge >= 0.3 is 0 Å². The molecule has 1 fully saturated rings. The number of piperazine rings is 1. The Kier molecular flexibility index (Phi) is 5.52. The number of carbonyl (C=O) groups excluding carboxylic acids is 1. The summed E-state index contributed by atoms with van der Waals surface area (Å²) in [7, 11) is 0. The summed E-state index contributed by atoms with van der Waals surface area (Å²) >= 11 is 0. The van der Waals surface area contributed by atoms with Crippen molar-refractivity contribution >= 4 is 5.91 Å². The van der Waals surface area contributed by atoms with Gasteiger partial charge in [0.25, 0.3) is 5.91 Å². The van der Waals surface area contributed by atoms with E-state index in [0.717, 1.165) is 44.0 Å². The molecule has 4 nitrogen and oxygen atoms in total. The van der Waals surface area contributed by atoms with Gasteiger partial charge in [0.1, 0.15) is 0 Å². The second kappa shape index (κ2) is 7.67. The molecule has 1 saturated heterocycles. The first-order chi connectivity index (χ1) is 12.4. The standard InChI is InChI=1S/C22H31N3O/c1-16(2)25-18(4)14-21(19(25)5)22(26)24-11-9-23(10-12-24)15-20-8-6-7-17(3)13-20/h6-8,13-14,16H,9-12,15H2,1-5H3. The summed E-state index contributed by atoms with van der Waals surface area (Å²) in [5.74, 6) is 0.181. The number of benzene rings is 1. The molecule has 0 bridgehead atoms. The van der Waals surface area contributed by atoms with Gasteiger partial charge in [0, 0.05) is 50.2 Å². The molecule has 0 spiro atoms. The van der Waals surface area contributed by atoms with Gasteiger partial charge in [-0.25, -0.2) is 0 Å². The Morgan fingerprint density at radius 2 is 1.73 bits per heavy atom. The molecule has 1 aromatic carbocycles. The molecule has 2 aromatic rings. The molecule has 2 heterocycles. The highest BCUT2D eigenvalue weighted by Crippen LogP contribution is 2.22. The van der Waals surface area contributed by atoms with E-state index in [0.29, 0.717) is 6.04 Å². The Bertz CT molecular complexity index is 783. The predicted octanol–water partition coefficient (Wildman–Crippen LogP) is 3.95. The Morgan fingerprint density at radius 3 is 2.31 bits per heavy atom. The van der Waals surface area contributed by atoms with Crippen LogP contribution in [-0.2, 0) is 6.54 Å². The summed E-state index contributed by atoms with van der Waals surface area (Å²) in [4.78, 5) is 17.5. The third kappa shape index (κ3) is 3.85. The van der Waals surface area contributed by atoms with Crippen molar-refractivity contribution in [2.45, 2.75) is 47.2 Å². The number of rotatable bonds is 4. The maximum Gasteiger partial charge on any atom is 0.255 e. The first-order valence-electron chi connectivity index (χ1n) is 9.62.